The predicted molar refractivity (Wildman–Crippen MR) is 98.3 cm³/mol. The lowest BCUT2D eigenvalue weighted by Crippen LogP contribution is -2.28. The SMILES string of the molecule is COc1cccc(C(C)(CCc2ccccc2)CCN(C)C)c1. The summed E-state index contributed by atoms with van der Waals surface area (Å²) in [6.07, 6.45) is 3.38. The van der Waals surface area contributed by atoms with E-state index < -0.39 is 0 Å². The van der Waals surface area contributed by atoms with Gasteiger partial charge in [-0.25, -0.2) is 0 Å². The monoisotopic (exact) mass is 311 g/mol. The van der Waals surface area contributed by atoms with Gasteiger partial charge in [-0.1, -0.05) is 49.4 Å². The summed E-state index contributed by atoms with van der Waals surface area (Å²) in [6.45, 7) is 3.47. The summed E-state index contributed by atoms with van der Waals surface area (Å²) in [5.74, 6) is 0.943. The highest BCUT2D eigenvalue weighted by Crippen LogP contribution is 2.34. The van der Waals surface area contributed by atoms with Crippen molar-refractivity contribution in [1.82, 2.24) is 4.90 Å². The van der Waals surface area contributed by atoms with Gasteiger partial charge in [-0.2, -0.15) is 0 Å². The van der Waals surface area contributed by atoms with Crippen molar-refractivity contribution in [1.29, 1.82) is 0 Å². The lowest BCUT2D eigenvalue weighted by atomic mass is 9.75. The molecule has 2 heteroatoms. The van der Waals surface area contributed by atoms with E-state index in [1.165, 1.54) is 11.1 Å². The summed E-state index contributed by atoms with van der Waals surface area (Å²) in [4.78, 5) is 2.26. The van der Waals surface area contributed by atoms with Crippen molar-refractivity contribution in [2.75, 3.05) is 27.7 Å². The Balaban J connectivity index is 2.20. The van der Waals surface area contributed by atoms with Gasteiger partial charge in [0.2, 0.25) is 0 Å². The van der Waals surface area contributed by atoms with Crippen molar-refractivity contribution in [3.05, 3.63) is 65.7 Å². The standard InChI is InChI=1S/C21H29NO/c1-21(15-16-22(2)3,14-13-18-9-6-5-7-10-18)19-11-8-12-20(17-19)23-4/h5-12,17H,13-16H2,1-4H3. The van der Waals surface area contributed by atoms with Gasteiger partial charge >= 0.3 is 0 Å². The Morgan fingerprint density at radius 1 is 0.957 bits per heavy atom. The van der Waals surface area contributed by atoms with Gasteiger partial charge in [0, 0.05) is 0 Å². The van der Waals surface area contributed by atoms with Crippen LogP contribution >= 0.6 is 0 Å². The van der Waals surface area contributed by atoms with Crippen LogP contribution in [0.3, 0.4) is 0 Å². The van der Waals surface area contributed by atoms with Crippen molar-refractivity contribution < 1.29 is 4.74 Å². The van der Waals surface area contributed by atoms with Crippen LogP contribution in [-0.2, 0) is 11.8 Å². The molecule has 1 unspecified atom stereocenters. The third kappa shape index (κ3) is 5.11. The van der Waals surface area contributed by atoms with E-state index in [9.17, 15) is 0 Å². The molecule has 0 saturated carbocycles. The Morgan fingerprint density at radius 2 is 1.70 bits per heavy atom. The molecule has 0 bridgehead atoms. The first kappa shape index (κ1) is 17.6. The van der Waals surface area contributed by atoms with Crippen molar-refractivity contribution in [3.63, 3.8) is 0 Å². The number of ether oxygens (including phenoxy) is 1. The smallest absolute Gasteiger partial charge is 0.119 e. The predicted octanol–water partition coefficient (Wildman–Crippen LogP) is 4.54. The highest BCUT2D eigenvalue weighted by atomic mass is 16.5. The Morgan fingerprint density at radius 3 is 2.35 bits per heavy atom. The number of hydrogen-bond acceptors (Lipinski definition) is 2. The lowest BCUT2D eigenvalue weighted by molar-refractivity contribution is 0.314. The number of nitrogens with zero attached hydrogens (tertiary/aromatic N) is 1. The minimum atomic E-state index is 0.147. The minimum Gasteiger partial charge on any atom is -0.497 e. The molecule has 0 saturated heterocycles. The maximum atomic E-state index is 5.43. The molecule has 0 amide bonds. The van der Waals surface area contributed by atoms with Crippen LogP contribution in [0.5, 0.6) is 5.75 Å². The zero-order chi connectivity index (χ0) is 16.7. The van der Waals surface area contributed by atoms with Crippen LogP contribution in [0, 0.1) is 0 Å². The average molecular weight is 311 g/mol. The summed E-state index contributed by atoms with van der Waals surface area (Å²) in [5.41, 5.74) is 2.93. The third-order valence-corrected chi connectivity index (χ3v) is 4.69. The number of hydrogen-bond donors (Lipinski definition) is 0. The van der Waals surface area contributed by atoms with Gasteiger partial charge in [-0.15, -0.1) is 0 Å². The van der Waals surface area contributed by atoms with Gasteiger partial charge in [0.1, 0.15) is 5.75 Å². The van der Waals surface area contributed by atoms with Gasteiger partial charge in [-0.05, 0) is 68.6 Å². The molecule has 2 nitrogen and oxygen atoms in total. The van der Waals surface area contributed by atoms with Crippen LogP contribution in [0.25, 0.3) is 0 Å². The molecule has 2 rings (SSSR count). The molecular formula is C21H29NO. The Hall–Kier alpha value is -1.80. The van der Waals surface area contributed by atoms with Crippen LogP contribution in [0.4, 0.5) is 0 Å². The van der Waals surface area contributed by atoms with Gasteiger partial charge in [0.05, 0.1) is 7.11 Å². The van der Waals surface area contributed by atoms with E-state index in [1.807, 2.05) is 6.07 Å². The number of benzene rings is 2. The number of aryl methyl sites for hydroxylation is 1. The van der Waals surface area contributed by atoms with Gasteiger partial charge in [0.15, 0.2) is 0 Å². The number of rotatable bonds is 8. The molecule has 0 fully saturated rings. The lowest BCUT2D eigenvalue weighted by Gasteiger charge is -2.32. The Bertz CT molecular complexity index is 594. The maximum Gasteiger partial charge on any atom is 0.119 e. The molecule has 2 aromatic rings. The van der Waals surface area contributed by atoms with E-state index in [0.29, 0.717) is 0 Å². The van der Waals surface area contributed by atoms with E-state index in [2.05, 4.69) is 74.4 Å². The molecule has 0 spiro atoms. The second-order valence-corrected chi connectivity index (χ2v) is 6.83. The average Bonchev–Trinajstić information content (AvgIpc) is 2.59. The molecule has 0 N–H and O–H groups in total. The number of methoxy groups -OCH3 is 1. The topological polar surface area (TPSA) is 12.5 Å². The zero-order valence-electron chi connectivity index (χ0n) is 14.9. The molecule has 124 valence electrons. The fourth-order valence-corrected chi connectivity index (χ4v) is 2.95. The first-order valence-corrected chi connectivity index (χ1v) is 8.37. The summed E-state index contributed by atoms with van der Waals surface area (Å²) < 4.78 is 5.43. The molecule has 0 aliphatic heterocycles. The molecule has 2 aromatic carbocycles. The fourth-order valence-electron chi connectivity index (χ4n) is 2.95. The van der Waals surface area contributed by atoms with Gasteiger partial charge in [0.25, 0.3) is 0 Å². The molecule has 0 heterocycles. The molecule has 0 aromatic heterocycles. The van der Waals surface area contributed by atoms with E-state index in [4.69, 9.17) is 4.74 Å². The first-order valence-electron chi connectivity index (χ1n) is 8.37. The molecule has 0 radical (unpaired) electrons. The third-order valence-electron chi connectivity index (χ3n) is 4.69. The molecule has 0 aliphatic rings. The molecule has 0 aliphatic carbocycles. The minimum absolute atomic E-state index is 0.147. The van der Waals surface area contributed by atoms with Crippen molar-refractivity contribution in [3.8, 4) is 5.75 Å². The summed E-state index contributed by atoms with van der Waals surface area (Å²) >= 11 is 0. The molecule has 23 heavy (non-hydrogen) atoms. The van der Waals surface area contributed by atoms with Crippen LogP contribution in [-0.4, -0.2) is 32.6 Å². The normalized spacial score (nSPS) is 13.8. The quantitative estimate of drug-likeness (QED) is 0.710. The van der Waals surface area contributed by atoms with Crippen molar-refractivity contribution in [2.24, 2.45) is 0 Å². The zero-order valence-corrected chi connectivity index (χ0v) is 14.9. The molecule has 1 atom stereocenters. The second-order valence-electron chi connectivity index (χ2n) is 6.83. The molecular weight excluding hydrogens is 282 g/mol. The Labute approximate surface area is 141 Å². The van der Waals surface area contributed by atoms with E-state index >= 15 is 0 Å². The first-order chi connectivity index (χ1) is 11.0. The van der Waals surface area contributed by atoms with Gasteiger partial charge in [-0.3, -0.25) is 0 Å². The fraction of sp³-hybridized carbons (Fsp3) is 0.429. The van der Waals surface area contributed by atoms with Crippen LogP contribution in [0.1, 0.15) is 30.9 Å². The summed E-state index contributed by atoms with van der Waals surface area (Å²) in [6, 6.07) is 19.3. The van der Waals surface area contributed by atoms with Crippen LogP contribution in [0.2, 0.25) is 0 Å². The van der Waals surface area contributed by atoms with Crippen molar-refractivity contribution >= 4 is 0 Å². The van der Waals surface area contributed by atoms with E-state index in [-0.39, 0.29) is 5.41 Å². The van der Waals surface area contributed by atoms with E-state index in [1.54, 1.807) is 7.11 Å². The highest BCUT2D eigenvalue weighted by molar-refractivity contribution is 5.34. The second kappa shape index (κ2) is 8.16. The largest absolute Gasteiger partial charge is 0.497 e. The maximum absolute atomic E-state index is 5.43. The summed E-state index contributed by atoms with van der Waals surface area (Å²) in [7, 11) is 6.02. The highest BCUT2D eigenvalue weighted by Gasteiger charge is 2.26. The summed E-state index contributed by atoms with van der Waals surface area (Å²) in [5, 5.41) is 0. The van der Waals surface area contributed by atoms with Crippen LogP contribution in [0.15, 0.2) is 54.6 Å². The van der Waals surface area contributed by atoms with Gasteiger partial charge < -0.3 is 9.64 Å². The van der Waals surface area contributed by atoms with Crippen molar-refractivity contribution in [2.45, 2.75) is 31.6 Å². The Kier molecular flexibility index (Phi) is 6.23. The van der Waals surface area contributed by atoms with Crippen LogP contribution < -0.4 is 4.74 Å². The van der Waals surface area contributed by atoms with E-state index in [0.717, 1.165) is 31.6 Å².